The second kappa shape index (κ2) is 5.64. The first-order valence-corrected chi connectivity index (χ1v) is 6.18. The number of nitrogens with zero attached hydrogens (tertiary/aromatic N) is 3. The zero-order chi connectivity index (χ0) is 14.7. The zero-order valence-corrected chi connectivity index (χ0v) is 11.5. The molecule has 0 radical (unpaired) electrons. The molecule has 0 N–H and O–H groups in total. The lowest BCUT2D eigenvalue weighted by molar-refractivity contribution is 0.0600. The molecule has 0 amide bonds. The van der Waals surface area contributed by atoms with Gasteiger partial charge in [0.25, 0.3) is 0 Å². The Morgan fingerprint density at radius 3 is 2.45 bits per heavy atom. The number of aromatic nitrogens is 3. The van der Waals surface area contributed by atoms with Crippen molar-refractivity contribution in [2.75, 3.05) is 7.11 Å². The van der Waals surface area contributed by atoms with Crippen LogP contribution in [-0.2, 0) is 4.74 Å². The topological polar surface area (TPSA) is 74.1 Å². The van der Waals surface area contributed by atoms with Gasteiger partial charge in [-0.3, -0.25) is 4.79 Å². The third-order valence-electron chi connectivity index (χ3n) is 2.92. The molecule has 6 heteroatoms. The van der Waals surface area contributed by atoms with Crippen molar-refractivity contribution in [2.45, 2.75) is 19.8 Å². The standard InChI is InChI=1S/C14H15N3O3/c1-9(2)13-12(8-18)15-16-17(13)11-6-4-10(5-7-11)14(19)20-3/h4-9H,1-3H3. The summed E-state index contributed by atoms with van der Waals surface area (Å²) >= 11 is 0. The summed E-state index contributed by atoms with van der Waals surface area (Å²) in [6.07, 6.45) is 0.696. The first kappa shape index (κ1) is 13.9. The molecule has 2 rings (SSSR count). The van der Waals surface area contributed by atoms with Gasteiger partial charge < -0.3 is 4.74 Å². The molecule has 1 heterocycles. The Hall–Kier alpha value is -2.50. The Bertz CT molecular complexity index is 630. The molecule has 0 saturated heterocycles. The van der Waals surface area contributed by atoms with Gasteiger partial charge in [0, 0.05) is 0 Å². The smallest absolute Gasteiger partial charge is 0.337 e. The third kappa shape index (κ3) is 2.45. The number of carbonyl (C=O) groups excluding carboxylic acids is 2. The van der Waals surface area contributed by atoms with E-state index in [1.807, 2.05) is 13.8 Å². The molecule has 2 aromatic rings. The van der Waals surface area contributed by atoms with Crippen LogP contribution in [0.15, 0.2) is 24.3 Å². The molecular weight excluding hydrogens is 258 g/mol. The SMILES string of the molecule is COC(=O)c1ccc(-n2nnc(C=O)c2C(C)C)cc1. The average molecular weight is 273 g/mol. The summed E-state index contributed by atoms with van der Waals surface area (Å²) in [4.78, 5) is 22.4. The number of rotatable bonds is 4. The number of methoxy groups -OCH3 is 1. The summed E-state index contributed by atoms with van der Waals surface area (Å²) in [6, 6.07) is 6.77. The highest BCUT2D eigenvalue weighted by atomic mass is 16.5. The Balaban J connectivity index is 2.44. The molecule has 0 fully saturated rings. The molecule has 1 aromatic carbocycles. The molecule has 0 aliphatic heterocycles. The summed E-state index contributed by atoms with van der Waals surface area (Å²) in [7, 11) is 1.33. The molecule has 0 spiro atoms. The summed E-state index contributed by atoms with van der Waals surface area (Å²) < 4.78 is 6.25. The largest absolute Gasteiger partial charge is 0.465 e. The van der Waals surface area contributed by atoms with Gasteiger partial charge in [-0.25, -0.2) is 9.48 Å². The number of aldehydes is 1. The Kier molecular flexibility index (Phi) is 3.93. The van der Waals surface area contributed by atoms with Crippen molar-refractivity contribution in [2.24, 2.45) is 0 Å². The van der Waals surface area contributed by atoms with Gasteiger partial charge in [0.05, 0.1) is 24.1 Å². The van der Waals surface area contributed by atoms with E-state index in [1.165, 1.54) is 7.11 Å². The Morgan fingerprint density at radius 2 is 1.95 bits per heavy atom. The Labute approximate surface area is 116 Å². The molecular formula is C14H15N3O3. The van der Waals surface area contributed by atoms with Crippen molar-refractivity contribution < 1.29 is 14.3 Å². The van der Waals surface area contributed by atoms with Crippen molar-refractivity contribution in [1.82, 2.24) is 15.0 Å². The van der Waals surface area contributed by atoms with Crippen molar-refractivity contribution >= 4 is 12.3 Å². The van der Waals surface area contributed by atoms with Gasteiger partial charge in [-0.1, -0.05) is 19.1 Å². The van der Waals surface area contributed by atoms with Crippen LogP contribution in [0.1, 0.15) is 46.3 Å². The monoisotopic (exact) mass is 273 g/mol. The van der Waals surface area contributed by atoms with E-state index in [1.54, 1.807) is 28.9 Å². The first-order valence-electron chi connectivity index (χ1n) is 6.18. The van der Waals surface area contributed by atoms with Gasteiger partial charge in [-0.05, 0) is 30.2 Å². The fraction of sp³-hybridized carbons (Fsp3) is 0.286. The number of hydrogen-bond acceptors (Lipinski definition) is 5. The molecule has 0 saturated carbocycles. The lowest BCUT2D eigenvalue weighted by atomic mass is 10.1. The Morgan fingerprint density at radius 1 is 1.30 bits per heavy atom. The van der Waals surface area contributed by atoms with E-state index in [9.17, 15) is 9.59 Å². The van der Waals surface area contributed by atoms with E-state index in [2.05, 4.69) is 15.0 Å². The highest BCUT2D eigenvalue weighted by molar-refractivity contribution is 5.89. The average Bonchev–Trinajstić information content (AvgIpc) is 2.90. The second-order valence-electron chi connectivity index (χ2n) is 4.58. The molecule has 0 bridgehead atoms. The highest BCUT2D eigenvalue weighted by Gasteiger charge is 2.17. The van der Waals surface area contributed by atoms with Gasteiger partial charge in [0.15, 0.2) is 6.29 Å². The lowest BCUT2D eigenvalue weighted by Gasteiger charge is -2.09. The third-order valence-corrected chi connectivity index (χ3v) is 2.92. The maximum absolute atomic E-state index is 11.4. The van der Waals surface area contributed by atoms with Crippen LogP contribution in [0.3, 0.4) is 0 Å². The van der Waals surface area contributed by atoms with Gasteiger partial charge in [0.2, 0.25) is 0 Å². The van der Waals surface area contributed by atoms with Crippen LogP contribution in [-0.4, -0.2) is 34.4 Å². The maximum Gasteiger partial charge on any atom is 0.337 e. The van der Waals surface area contributed by atoms with Crippen LogP contribution >= 0.6 is 0 Å². The van der Waals surface area contributed by atoms with Crippen LogP contribution in [0, 0.1) is 0 Å². The number of carbonyl (C=O) groups is 2. The lowest BCUT2D eigenvalue weighted by Crippen LogP contribution is -2.06. The van der Waals surface area contributed by atoms with E-state index < -0.39 is 5.97 Å². The van der Waals surface area contributed by atoms with Gasteiger partial charge in [-0.2, -0.15) is 0 Å². The van der Waals surface area contributed by atoms with Gasteiger partial charge >= 0.3 is 5.97 Å². The minimum atomic E-state index is -0.396. The van der Waals surface area contributed by atoms with Crippen LogP contribution in [0.4, 0.5) is 0 Å². The van der Waals surface area contributed by atoms with Crippen LogP contribution < -0.4 is 0 Å². The fourth-order valence-electron chi connectivity index (χ4n) is 1.97. The number of benzene rings is 1. The molecule has 20 heavy (non-hydrogen) atoms. The summed E-state index contributed by atoms with van der Waals surface area (Å²) in [5.74, 6) is -0.293. The minimum Gasteiger partial charge on any atom is -0.465 e. The van der Waals surface area contributed by atoms with Crippen molar-refractivity contribution in [3.63, 3.8) is 0 Å². The van der Waals surface area contributed by atoms with Crippen molar-refractivity contribution in [3.05, 3.63) is 41.2 Å². The van der Waals surface area contributed by atoms with E-state index in [0.717, 1.165) is 11.4 Å². The van der Waals surface area contributed by atoms with Gasteiger partial charge in [-0.15, -0.1) is 5.10 Å². The molecule has 0 aliphatic carbocycles. The minimum absolute atomic E-state index is 0.102. The normalized spacial score (nSPS) is 10.6. The first-order chi connectivity index (χ1) is 9.58. The second-order valence-corrected chi connectivity index (χ2v) is 4.58. The molecule has 1 aromatic heterocycles. The molecule has 0 unspecified atom stereocenters. The van der Waals surface area contributed by atoms with Gasteiger partial charge in [0.1, 0.15) is 5.69 Å². The molecule has 104 valence electrons. The maximum atomic E-state index is 11.4. The van der Waals surface area contributed by atoms with E-state index >= 15 is 0 Å². The zero-order valence-electron chi connectivity index (χ0n) is 11.5. The highest BCUT2D eigenvalue weighted by Crippen LogP contribution is 2.20. The van der Waals surface area contributed by atoms with Crippen molar-refractivity contribution in [3.8, 4) is 5.69 Å². The van der Waals surface area contributed by atoms with E-state index in [0.29, 0.717) is 17.5 Å². The fourth-order valence-corrected chi connectivity index (χ4v) is 1.97. The summed E-state index contributed by atoms with van der Waals surface area (Å²) in [5, 5.41) is 7.85. The number of esters is 1. The summed E-state index contributed by atoms with van der Waals surface area (Å²) in [6.45, 7) is 3.93. The number of ether oxygens (including phenoxy) is 1. The van der Waals surface area contributed by atoms with E-state index in [-0.39, 0.29) is 5.92 Å². The predicted octanol–water partition coefficient (Wildman–Crippen LogP) is 1.99. The number of hydrogen-bond donors (Lipinski definition) is 0. The molecule has 0 aliphatic rings. The van der Waals surface area contributed by atoms with Crippen molar-refractivity contribution in [1.29, 1.82) is 0 Å². The van der Waals surface area contributed by atoms with E-state index in [4.69, 9.17) is 0 Å². The molecule has 0 atom stereocenters. The quantitative estimate of drug-likeness (QED) is 0.629. The predicted molar refractivity (Wildman–Crippen MR) is 72.2 cm³/mol. The van der Waals surface area contributed by atoms with Crippen LogP contribution in [0.5, 0.6) is 0 Å². The summed E-state index contributed by atoms with van der Waals surface area (Å²) in [5.41, 5.74) is 2.27. The molecule has 6 nitrogen and oxygen atoms in total. The van der Waals surface area contributed by atoms with Crippen LogP contribution in [0.2, 0.25) is 0 Å². The van der Waals surface area contributed by atoms with Crippen LogP contribution in [0.25, 0.3) is 5.69 Å².